The lowest BCUT2D eigenvalue weighted by atomic mass is 10.1. The number of aromatic nitrogens is 2. The van der Waals surface area contributed by atoms with Crippen molar-refractivity contribution in [1.82, 2.24) is 14.0 Å². The first-order chi connectivity index (χ1) is 11.1. The zero-order valence-corrected chi connectivity index (χ0v) is 14.8. The highest BCUT2D eigenvalue weighted by Crippen LogP contribution is 2.47. The van der Waals surface area contributed by atoms with Crippen molar-refractivity contribution in [3.05, 3.63) is 33.1 Å². The summed E-state index contributed by atoms with van der Waals surface area (Å²) in [4.78, 5) is 34.6. The molecule has 0 bridgehead atoms. The van der Waals surface area contributed by atoms with Crippen molar-refractivity contribution in [2.45, 2.75) is 38.0 Å². The van der Waals surface area contributed by atoms with Crippen LogP contribution >= 0.6 is 18.3 Å². The lowest BCUT2D eigenvalue weighted by Crippen LogP contribution is -2.31. The highest BCUT2D eigenvalue weighted by molar-refractivity contribution is 8.24. The molecular formula is C12H22N3O7PS. The minimum atomic E-state index is -3.82. The van der Waals surface area contributed by atoms with E-state index in [4.69, 9.17) is 4.74 Å². The Morgan fingerprint density at radius 3 is 2.79 bits per heavy atom. The van der Waals surface area contributed by atoms with Gasteiger partial charge in [-0.25, -0.2) is 4.79 Å². The van der Waals surface area contributed by atoms with Crippen LogP contribution in [0.3, 0.4) is 0 Å². The molecule has 1 fully saturated rings. The molecule has 5 N–H and O–H groups in total. The molecule has 138 valence electrons. The van der Waals surface area contributed by atoms with Crippen LogP contribution in [0, 0.1) is 0 Å². The van der Waals surface area contributed by atoms with Crippen LogP contribution < -0.4 is 15.7 Å². The van der Waals surface area contributed by atoms with E-state index in [0.29, 0.717) is 25.7 Å². The van der Waals surface area contributed by atoms with Crippen LogP contribution in [0.25, 0.3) is 0 Å². The summed E-state index contributed by atoms with van der Waals surface area (Å²) in [6, 6.07) is 1.24. The van der Waals surface area contributed by atoms with Gasteiger partial charge in [0.15, 0.2) is 0 Å². The number of nitrogens with one attached hydrogen (secondary N) is 2. The van der Waals surface area contributed by atoms with Crippen LogP contribution in [0.15, 0.2) is 21.9 Å². The molecule has 0 radical (unpaired) electrons. The molecule has 1 aliphatic rings. The van der Waals surface area contributed by atoms with Crippen molar-refractivity contribution in [1.29, 1.82) is 0 Å². The Morgan fingerprint density at radius 1 is 1.46 bits per heavy atom. The third-order valence-corrected chi connectivity index (χ3v) is 7.00. The predicted molar refractivity (Wildman–Crippen MR) is 90.3 cm³/mol. The minimum absolute atomic E-state index is 0.111. The highest BCUT2D eigenvalue weighted by Gasteiger charge is 2.28. The molecule has 0 saturated carbocycles. The summed E-state index contributed by atoms with van der Waals surface area (Å²) in [5.41, 5.74) is -1.01. The topological polar surface area (TPSA) is 154 Å². The fourth-order valence-electron chi connectivity index (χ4n) is 2.61. The van der Waals surface area contributed by atoms with Crippen LogP contribution in [-0.4, -0.2) is 42.1 Å². The van der Waals surface area contributed by atoms with Crippen molar-refractivity contribution >= 4 is 18.3 Å². The van der Waals surface area contributed by atoms with Gasteiger partial charge in [0.2, 0.25) is 0 Å². The zero-order chi connectivity index (χ0) is 18.0. The van der Waals surface area contributed by atoms with E-state index in [2.05, 4.69) is 4.98 Å². The lowest BCUT2D eigenvalue weighted by Gasteiger charge is -2.30. The van der Waals surface area contributed by atoms with E-state index in [-0.39, 0.29) is 12.3 Å². The Kier molecular flexibility index (Phi) is 6.08. The second-order valence-corrected chi connectivity index (χ2v) is 10.0. The van der Waals surface area contributed by atoms with Crippen molar-refractivity contribution in [3.63, 3.8) is 0 Å². The molecule has 10 nitrogen and oxygen atoms in total. The highest BCUT2D eigenvalue weighted by atomic mass is 32.3. The Bertz CT molecular complexity index is 728. The maximum absolute atomic E-state index is 11.8. The van der Waals surface area contributed by atoms with Crippen LogP contribution in [0.4, 0.5) is 0 Å². The van der Waals surface area contributed by atoms with Crippen LogP contribution in [-0.2, 0) is 9.30 Å². The van der Waals surface area contributed by atoms with Gasteiger partial charge in [-0.05, 0) is 25.7 Å². The summed E-state index contributed by atoms with van der Waals surface area (Å²) in [7, 11) is -7.07. The summed E-state index contributed by atoms with van der Waals surface area (Å²) in [6.45, 7) is 0. The predicted octanol–water partition coefficient (Wildman–Crippen LogP) is 1.06. The third-order valence-electron chi connectivity index (χ3n) is 3.55. The summed E-state index contributed by atoms with van der Waals surface area (Å²) >= 11 is 0. The smallest absolute Gasteiger partial charge is 0.330 e. The lowest BCUT2D eigenvalue weighted by molar-refractivity contribution is -0.00430. The molecule has 3 atom stereocenters. The number of aromatic amines is 1. The molecule has 0 aliphatic carbocycles. The van der Waals surface area contributed by atoms with Crippen molar-refractivity contribution in [2.24, 2.45) is 0 Å². The van der Waals surface area contributed by atoms with Gasteiger partial charge in [-0.2, -0.15) is 0 Å². The summed E-state index contributed by atoms with van der Waals surface area (Å²) in [6.07, 6.45) is 3.81. The molecule has 0 aromatic carbocycles. The average molecular weight is 383 g/mol. The van der Waals surface area contributed by atoms with Crippen LogP contribution in [0.1, 0.15) is 31.9 Å². The van der Waals surface area contributed by atoms with E-state index < -0.39 is 35.8 Å². The molecule has 1 aromatic rings. The molecule has 12 heteroatoms. The monoisotopic (exact) mass is 383 g/mol. The fraction of sp³-hybridized carbons (Fsp3) is 0.667. The molecule has 1 aromatic heterocycles. The fourth-order valence-corrected chi connectivity index (χ4v) is 5.75. The molecule has 1 saturated heterocycles. The Morgan fingerprint density at radius 2 is 2.17 bits per heavy atom. The van der Waals surface area contributed by atoms with Gasteiger partial charge >= 0.3 is 5.69 Å². The number of rotatable bonds is 7. The van der Waals surface area contributed by atoms with Gasteiger partial charge in [0.1, 0.15) is 6.23 Å². The second kappa shape index (κ2) is 7.52. The van der Waals surface area contributed by atoms with E-state index in [1.807, 2.05) is 4.49 Å². The van der Waals surface area contributed by atoms with Gasteiger partial charge in [-0.1, -0.05) is 0 Å². The van der Waals surface area contributed by atoms with Gasteiger partial charge < -0.3 is 9.63 Å². The largest absolute Gasteiger partial charge is 0.355 e. The first kappa shape index (κ1) is 19.4. The minimum Gasteiger partial charge on any atom is -0.355 e. The first-order valence-corrected chi connectivity index (χ1v) is 11.2. The van der Waals surface area contributed by atoms with Crippen LogP contribution in [0.2, 0.25) is 0 Å². The number of ether oxygens (including phenoxy) is 1. The number of nitrogens with zero attached hydrogens (tertiary/aromatic N) is 1. The Hall–Kier alpha value is -0.940. The van der Waals surface area contributed by atoms with E-state index in [1.165, 1.54) is 16.8 Å². The second-order valence-electron chi connectivity index (χ2n) is 5.80. The zero-order valence-electron chi connectivity index (χ0n) is 13.1. The van der Waals surface area contributed by atoms with E-state index >= 15 is 0 Å². The molecule has 3 unspecified atom stereocenters. The SMILES string of the molecule is CS(O)(O)NP(=O)(O)CCCC1CCC(n2ccc(=O)[nH]c2=O)O1. The summed E-state index contributed by atoms with van der Waals surface area (Å²) in [5.74, 6) is 0. The van der Waals surface area contributed by atoms with E-state index in [9.17, 15) is 28.2 Å². The quantitative estimate of drug-likeness (QED) is 0.438. The van der Waals surface area contributed by atoms with Crippen LogP contribution in [0.5, 0.6) is 0 Å². The summed E-state index contributed by atoms with van der Waals surface area (Å²) < 4.78 is 39.2. The standard InChI is InChI=1S/C12H22N3O7PS/c1-24(20,21)14-23(18,19)8-2-3-9-4-5-11(22-9)15-7-6-10(16)13-12(15)17/h6-7,9,11,20-21H,2-5,8H2,1H3,(H,13,16,17)(H2,14,18,19). The normalized spacial score (nSPS) is 24.7. The van der Waals surface area contributed by atoms with E-state index in [1.54, 1.807) is 0 Å². The first-order valence-electron chi connectivity index (χ1n) is 7.37. The number of hydrogen-bond acceptors (Lipinski definition) is 6. The van der Waals surface area contributed by atoms with Crippen molar-refractivity contribution < 1.29 is 23.3 Å². The van der Waals surface area contributed by atoms with Gasteiger partial charge in [-0.3, -0.25) is 28.0 Å². The van der Waals surface area contributed by atoms with Gasteiger partial charge in [0.05, 0.1) is 6.10 Å². The van der Waals surface area contributed by atoms with Crippen molar-refractivity contribution in [2.75, 3.05) is 12.4 Å². The van der Waals surface area contributed by atoms with Gasteiger partial charge in [0.25, 0.3) is 13.1 Å². The maximum atomic E-state index is 11.8. The molecule has 24 heavy (non-hydrogen) atoms. The van der Waals surface area contributed by atoms with E-state index in [0.717, 1.165) is 6.26 Å². The molecule has 1 aliphatic heterocycles. The third kappa shape index (κ3) is 5.85. The number of H-pyrrole nitrogens is 1. The van der Waals surface area contributed by atoms with Gasteiger partial charge in [-0.15, -0.1) is 15.3 Å². The Labute approximate surface area is 139 Å². The maximum Gasteiger partial charge on any atom is 0.330 e. The molecular weight excluding hydrogens is 361 g/mol. The molecule has 0 amide bonds. The summed E-state index contributed by atoms with van der Waals surface area (Å²) in [5, 5.41) is 0. The molecule has 2 heterocycles. The average Bonchev–Trinajstić information content (AvgIpc) is 2.84. The molecule has 0 spiro atoms. The Balaban J connectivity index is 1.83. The van der Waals surface area contributed by atoms with Gasteiger partial charge in [0, 0.05) is 24.7 Å². The van der Waals surface area contributed by atoms with Crippen molar-refractivity contribution in [3.8, 4) is 0 Å². The molecule has 2 rings (SSSR count). The number of hydrogen-bond donors (Lipinski definition) is 5.